The van der Waals surface area contributed by atoms with Gasteiger partial charge in [0.2, 0.25) is 5.75 Å². The minimum atomic E-state index is -0.660. The van der Waals surface area contributed by atoms with Gasteiger partial charge >= 0.3 is 0 Å². The van der Waals surface area contributed by atoms with Crippen LogP contribution in [0.15, 0.2) is 35.4 Å². The Kier molecular flexibility index (Phi) is 4.98. The van der Waals surface area contributed by atoms with E-state index in [1.165, 1.54) is 43.6 Å². The molecule has 120 valence electrons. The van der Waals surface area contributed by atoms with Crippen LogP contribution >= 0.6 is 23.2 Å². The number of carbonyl (C=O) groups is 1. The quantitative estimate of drug-likeness (QED) is 0.448. The molecule has 0 heterocycles. The molecule has 0 atom stereocenters. The molecule has 0 bridgehead atoms. The van der Waals surface area contributed by atoms with Gasteiger partial charge in [0.05, 0.1) is 16.3 Å². The highest BCUT2D eigenvalue weighted by atomic mass is 35.5. The van der Waals surface area contributed by atoms with Crippen LogP contribution in [0.3, 0.4) is 0 Å². The van der Waals surface area contributed by atoms with E-state index in [-0.39, 0.29) is 16.1 Å². The zero-order valence-electron chi connectivity index (χ0n) is 11.9. The fraction of sp³-hybridized carbons (Fsp3) is 0.0667. The Morgan fingerprint density at radius 1 is 1.09 bits per heavy atom. The van der Waals surface area contributed by atoms with Gasteiger partial charge in [0.25, 0.3) is 5.91 Å². The topological polar surface area (TPSA) is 93.4 Å². The number of hydrazone groups is 1. The van der Waals surface area contributed by atoms with E-state index in [2.05, 4.69) is 5.10 Å². The number of amides is 1. The monoisotopic (exact) mass is 354 g/mol. The molecule has 2 rings (SSSR count). The van der Waals surface area contributed by atoms with Gasteiger partial charge in [0.15, 0.2) is 11.5 Å². The van der Waals surface area contributed by atoms with Crippen molar-refractivity contribution in [3.8, 4) is 17.2 Å². The molecule has 0 unspecified atom stereocenters. The SMILES string of the molecule is CN(/N=C/c1ccc(O)c(O)c1O)C(=O)c1ccc(Cl)c(Cl)c1. The summed E-state index contributed by atoms with van der Waals surface area (Å²) in [7, 11) is 1.42. The molecule has 2 aromatic carbocycles. The van der Waals surface area contributed by atoms with E-state index >= 15 is 0 Å². The molecule has 0 aliphatic carbocycles. The van der Waals surface area contributed by atoms with Gasteiger partial charge in [-0.1, -0.05) is 23.2 Å². The predicted octanol–water partition coefficient (Wildman–Crippen LogP) is 3.22. The molecule has 0 aromatic heterocycles. The van der Waals surface area contributed by atoms with Crippen LogP contribution in [0.5, 0.6) is 17.2 Å². The summed E-state index contributed by atoms with van der Waals surface area (Å²) in [4.78, 5) is 12.2. The van der Waals surface area contributed by atoms with E-state index in [1.54, 1.807) is 0 Å². The molecule has 1 amide bonds. The second kappa shape index (κ2) is 6.76. The maximum absolute atomic E-state index is 12.2. The van der Waals surface area contributed by atoms with Crippen LogP contribution in [0.25, 0.3) is 0 Å². The van der Waals surface area contributed by atoms with Crippen LogP contribution in [-0.2, 0) is 0 Å². The smallest absolute Gasteiger partial charge is 0.273 e. The standard InChI is InChI=1S/C15H12Cl2N2O4/c1-19(15(23)8-2-4-10(16)11(17)6-8)18-7-9-3-5-12(20)14(22)13(9)21/h2-7,20-22H,1H3/b18-7+. The van der Waals surface area contributed by atoms with Crippen LogP contribution in [0, 0.1) is 0 Å². The lowest BCUT2D eigenvalue weighted by Gasteiger charge is -2.11. The molecule has 0 aliphatic heterocycles. The first-order valence-electron chi connectivity index (χ1n) is 6.32. The van der Waals surface area contributed by atoms with E-state index in [4.69, 9.17) is 23.2 Å². The number of phenolic OH excluding ortho intramolecular Hbond substituents is 3. The van der Waals surface area contributed by atoms with Crippen molar-refractivity contribution in [2.75, 3.05) is 7.05 Å². The summed E-state index contributed by atoms with van der Waals surface area (Å²) < 4.78 is 0. The lowest BCUT2D eigenvalue weighted by Crippen LogP contribution is -2.21. The van der Waals surface area contributed by atoms with Crippen molar-refractivity contribution < 1.29 is 20.1 Å². The number of phenols is 3. The molecule has 8 heteroatoms. The van der Waals surface area contributed by atoms with Crippen molar-refractivity contribution >= 4 is 35.3 Å². The molecule has 3 N–H and O–H groups in total. The third kappa shape index (κ3) is 3.67. The highest BCUT2D eigenvalue weighted by Gasteiger charge is 2.13. The molecule has 2 aromatic rings. The van der Waals surface area contributed by atoms with Gasteiger partial charge in [0, 0.05) is 18.2 Å². The number of aromatic hydroxyl groups is 3. The van der Waals surface area contributed by atoms with Crippen LogP contribution in [0.2, 0.25) is 10.0 Å². The fourth-order valence-corrected chi connectivity index (χ4v) is 2.00. The third-order valence-corrected chi connectivity index (χ3v) is 3.73. The van der Waals surface area contributed by atoms with Crippen molar-refractivity contribution in [2.45, 2.75) is 0 Å². The molecule has 0 radical (unpaired) electrons. The van der Waals surface area contributed by atoms with Gasteiger partial charge in [-0.25, -0.2) is 5.01 Å². The summed E-state index contributed by atoms with van der Waals surface area (Å²) in [5.41, 5.74) is 0.422. The molecule has 0 saturated heterocycles. The number of nitrogens with zero attached hydrogens (tertiary/aromatic N) is 2. The Bertz CT molecular complexity index is 793. The Morgan fingerprint density at radius 2 is 1.78 bits per heavy atom. The second-order valence-corrected chi connectivity index (χ2v) is 5.39. The van der Waals surface area contributed by atoms with E-state index < -0.39 is 23.2 Å². The number of hydrogen-bond acceptors (Lipinski definition) is 5. The molecule has 0 fully saturated rings. The van der Waals surface area contributed by atoms with Crippen LogP contribution in [-0.4, -0.2) is 39.5 Å². The number of carbonyl (C=O) groups excluding carboxylic acids is 1. The number of hydrogen-bond donors (Lipinski definition) is 3. The van der Waals surface area contributed by atoms with Gasteiger partial charge in [-0.15, -0.1) is 0 Å². The minimum Gasteiger partial charge on any atom is -0.504 e. The molecule has 6 nitrogen and oxygen atoms in total. The maximum atomic E-state index is 12.2. The van der Waals surface area contributed by atoms with Crippen LogP contribution in [0.4, 0.5) is 0 Å². The van der Waals surface area contributed by atoms with Gasteiger partial charge in [-0.05, 0) is 30.3 Å². The third-order valence-electron chi connectivity index (χ3n) is 2.99. The Labute approximate surface area is 141 Å². The Morgan fingerprint density at radius 3 is 2.43 bits per heavy atom. The summed E-state index contributed by atoms with van der Waals surface area (Å²) in [5.74, 6) is -2.10. The molecule has 0 spiro atoms. The van der Waals surface area contributed by atoms with Crippen LogP contribution in [0.1, 0.15) is 15.9 Å². The van der Waals surface area contributed by atoms with E-state index in [0.29, 0.717) is 5.02 Å². The van der Waals surface area contributed by atoms with E-state index in [1.807, 2.05) is 0 Å². The summed E-state index contributed by atoms with van der Waals surface area (Å²) in [5, 5.41) is 33.8. The summed E-state index contributed by atoms with van der Waals surface area (Å²) in [6.45, 7) is 0. The zero-order valence-corrected chi connectivity index (χ0v) is 13.4. The van der Waals surface area contributed by atoms with Gasteiger partial charge in [0.1, 0.15) is 0 Å². The largest absolute Gasteiger partial charge is 0.504 e. The molecule has 0 saturated carbocycles. The van der Waals surface area contributed by atoms with Crippen molar-refractivity contribution in [1.82, 2.24) is 5.01 Å². The molecule has 23 heavy (non-hydrogen) atoms. The van der Waals surface area contributed by atoms with Crippen molar-refractivity contribution in [3.05, 3.63) is 51.5 Å². The lowest BCUT2D eigenvalue weighted by atomic mass is 10.2. The molecular formula is C15H12Cl2N2O4. The average Bonchev–Trinajstić information content (AvgIpc) is 2.53. The van der Waals surface area contributed by atoms with E-state index in [0.717, 1.165) is 5.01 Å². The van der Waals surface area contributed by atoms with Gasteiger partial charge in [-0.3, -0.25) is 4.79 Å². The number of benzene rings is 2. The van der Waals surface area contributed by atoms with Crippen molar-refractivity contribution in [1.29, 1.82) is 0 Å². The van der Waals surface area contributed by atoms with Crippen molar-refractivity contribution in [3.63, 3.8) is 0 Å². The van der Waals surface area contributed by atoms with Gasteiger partial charge in [-0.2, -0.15) is 5.10 Å². The van der Waals surface area contributed by atoms with Crippen molar-refractivity contribution in [2.24, 2.45) is 5.10 Å². The minimum absolute atomic E-state index is 0.133. The summed E-state index contributed by atoms with van der Waals surface area (Å²) >= 11 is 11.7. The van der Waals surface area contributed by atoms with Gasteiger partial charge < -0.3 is 15.3 Å². The summed E-state index contributed by atoms with van der Waals surface area (Å²) in [6.07, 6.45) is 1.17. The predicted molar refractivity (Wildman–Crippen MR) is 87.6 cm³/mol. The first-order chi connectivity index (χ1) is 10.8. The molecular weight excluding hydrogens is 343 g/mol. The highest BCUT2D eigenvalue weighted by Crippen LogP contribution is 2.36. The Hall–Kier alpha value is -2.44. The lowest BCUT2D eigenvalue weighted by molar-refractivity contribution is 0.0800. The van der Waals surface area contributed by atoms with Crippen LogP contribution < -0.4 is 0 Å². The number of halogens is 2. The summed E-state index contributed by atoms with van der Waals surface area (Å²) in [6, 6.07) is 6.95. The normalized spacial score (nSPS) is 10.9. The highest BCUT2D eigenvalue weighted by molar-refractivity contribution is 6.42. The average molecular weight is 355 g/mol. The second-order valence-electron chi connectivity index (χ2n) is 4.57. The Balaban J connectivity index is 2.21. The first-order valence-corrected chi connectivity index (χ1v) is 7.08. The first kappa shape index (κ1) is 16.9. The number of rotatable bonds is 3. The maximum Gasteiger partial charge on any atom is 0.273 e. The van der Waals surface area contributed by atoms with E-state index in [9.17, 15) is 20.1 Å². The molecule has 0 aliphatic rings. The fourth-order valence-electron chi connectivity index (χ4n) is 1.71. The zero-order chi connectivity index (χ0) is 17.1.